The highest BCUT2D eigenvalue weighted by Gasteiger charge is 2.47. The van der Waals surface area contributed by atoms with Gasteiger partial charge in [-0.15, -0.1) is 6.58 Å². The van der Waals surface area contributed by atoms with Gasteiger partial charge in [0.05, 0.1) is 49.9 Å². The monoisotopic (exact) mass is 275 g/mol. The summed E-state index contributed by atoms with van der Waals surface area (Å²) >= 11 is 0. The molecule has 0 radical (unpaired) electrons. The third-order valence-corrected chi connectivity index (χ3v) is 3.87. The van der Waals surface area contributed by atoms with Gasteiger partial charge in [0.15, 0.2) is 0 Å². The van der Waals surface area contributed by atoms with E-state index in [2.05, 4.69) is 16.8 Å². The van der Waals surface area contributed by atoms with E-state index in [-0.39, 0.29) is 24.0 Å². The Balaban J connectivity index is 1.76. The summed E-state index contributed by atoms with van der Waals surface area (Å²) in [6.45, 7) is 5.96. The number of aromatic nitrogens is 2. The summed E-state index contributed by atoms with van der Waals surface area (Å²) in [5, 5.41) is 7.45. The standard InChI is InChI=1S/C14H17N3O3/c1-2-5-20-13-7-17(12-9-19-8-11(12)13)14(18)10-3-4-15-16-6-10/h2-4,6,11-13H,1,5,7-9H2/t11-,12+,13-/m1/s1. The Morgan fingerprint density at radius 3 is 3.20 bits per heavy atom. The smallest absolute Gasteiger partial charge is 0.255 e. The normalized spacial score (nSPS) is 28.4. The molecule has 2 fully saturated rings. The second kappa shape index (κ2) is 5.68. The van der Waals surface area contributed by atoms with Crippen molar-refractivity contribution in [3.05, 3.63) is 36.7 Å². The predicted molar refractivity (Wildman–Crippen MR) is 71.1 cm³/mol. The van der Waals surface area contributed by atoms with Gasteiger partial charge in [-0.25, -0.2) is 0 Å². The summed E-state index contributed by atoms with van der Waals surface area (Å²) in [5.74, 6) is 0.207. The number of nitrogens with zero attached hydrogens (tertiary/aromatic N) is 3. The lowest BCUT2D eigenvalue weighted by Crippen LogP contribution is -2.38. The Kier molecular flexibility index (Phi) is 3.75. The van der Waals surface area contributed by atoms with Crippen LogP contribution in [0.4, 0.5) is 0 Å². The zero-order chi connectivity index (χ0) is 13.9. The van der Waals surface area contributed by atoms with Crippen molar-refractivity contribution in [1.29, 1.82) is 0 Å². The largest absolute Gasteiger partial charge is 0.379 e. The highest BCUT2D eigenvalue weighted by atomic mass is 16.5. The van der Waals surface area contributed by atoms with Crippen LogP contribution < -0.4 is 0 Å². The van der Waals surface area contributed by atoms with Gasteiger partial charge in [-0.05, 0) is 6.07 Å². The second-order valence-corrected chi connectivity index (χ2v) is 5.02. The quantitative estimate of drug-likeness (QED) is 0.750. The van der Waals surface area contributed by atoms with Gasteiger partial charge in [0.1, 0.15) is 0 Å². The first kappa shape index (κ1) is 13.2. The molecule has 6 nitrogen and oxygen atoms in total. The molecule has 2 saturated heterocycles. The van der Waals surface area contributed by atoms with Crippen molar-refractivity contribution < 1.29 is 14.3 Å². The molecule has 3 rings (SSSR count). The summed E-state index contributed by atoms with van der Waals surface area (Å²) in [5.41, 5.74) is 0.551. The van der Waals surface area contributed by atoms with Crippen LogP contribution in [0, 0.1) is 5.92 Å². The maximum absolute atomic E-state index is 12.5. The van der Waals surface area contributed by atoms with Crippen molar-refractivity contribution in [3.63, 3.8) is 0 Å². The number of ether oxygens (including phenoxy) is 2. The number of rotatable bonds is 4. The molecule has 2 aliphatic heterocycles. The molecule has 0 saturated carbocycles. The zero-order valence-corrected chi connectivity index (χ0v) is 11.1. The van der Waals surface area contributed by atoms with Crippen LogP contribution in [-0.4, -0.2) is 59.5 Å². The van der Waals surface area contributed by atoms with Crippen LogP contribution in [0.15, 0.2) is 31.1 Å². The van der Waals surface area contributed by atoms with Crippen LogP contribution in [0.2, 0.25) is 0 Å². The van der Waals surface area contributed by atoms with E-state index in [0.717, 1.165) is 0 Å². The van der Waals surface area contributed by atoms with Gasteiger partial charge in [-0.3, -0.25) is 4.79 Å². The van der Waals surface area contributed by atoms with Crippen LogP contribution in [0.25, 0.3) is 0 Å². The Bertz CT molecular complexity index is 494. The maximum Gasteiger partial charge on any atom is 0.255 e. The first-order valence-electron chi connectivity index (χ1n) is 6.69. The van der Waals surface area contributed by atoms with E-state index < -0.39 is 0 Å². The molecule has 0 unspecified atom stereocenters. The van der Waals surface area contributed by atoms with Crippen molar-refractivity contribution >= 4 is 5.91 Å². The van der Waals surface area contributed by atoms with Crippen LogP contribution in [0.5, 0.6) is 0 Å². The molecule has 106 valence electrons. The van der Waals surface area contributed by atoms with Crippen molar-refractivity contribution in [2.45, 2.75) is 12.1 Å². The molecule has 1 aromatic heterocycles. The number of carbonyl (C=O) groups excluding carboxylic acids is 1. The highest BCUT2D eigenvalue weighted by molar-refractivity contribution is 5.94. The van der Waals surface area contributed by atoms with E-state index in [9.17, 15) is 4.79 Å². The molecule has 20 heavy (non-hydrogen) atoms. The minimum atomic E-state index is -0.0369. The molecule has 1 amide bonds. The first-order valence-corrected chi connectivity index (χ1v) is 6.69. The Labute approximate surface area is 117 Å². The molecule has 0 bridgehead atoms. The molecule has 3 heterocycles. The van der Waals surface area contributed by atoms with Gasteiger partial charge in [0.25, 0.3) is 5.91 Å². The molecule has 0 aliphatic carbocycles. The lowest BCUT2D eigenvalue weighted by Gasteiger charge is -2.22. The lowest BCUT2D eigenvalue weighted by atomic mass is 10.0. The van der Waals surface area contributed by atoms with E-state index in [4.69, 9.17) is 9.47 Å². The second-order valence-electron chi connectivity index (χ2n) is 5.02. The summed E-state index contributed by atoms with van der Waals surface area (Å²) in [6, 6.07) is 1.77. The van der Waals surface area contributed by atoms with E-state index in [1.807, 2.05) is 4.90 Å². The predicted octanol–water partition coefficient (Wildman–Crippen LogP) is 0.519. The summed E-state index contributed by atoms with van der Waals surface area (Å²) < 4.78 is 11.3. The fourth-order valence-corrected chi connectivity index (χ4v) is 2.88. The Morgan fingerprint density at radius 1 is 1.55 bits per heavy atom. The highest BCUT2D eigenvalue weighted by Crippen LogP contribution is 2.33. The SMILES string of the molecule is C=CCO[C@@H]1CN(C(=O)c2ccnnc2)[C@H]2COC[C@@H]12. The lowest BCUT2D eigenvalue weighted by molar-refractivity contribution is 0.0330. The van der Waals surface area contributed by atoms with Gasteiger partial charge in [-0.1, -0.05) is 6.08 Å². The fraction of sp³-hybridized carbons (Fsp3) is 0.500. The average molecular weight is 275 g/mol. The molecule has 0 aromatic carbocycles. The van der Waals surface area contributed by atoms with E-state index >= 15 is 0 Å². The number of amides is 1. The number of hydrogen-bond acceptors (Lipinski definition) is 5. The molecule has 1 aromatic rings. The molecule has 6 heteroatoms. The topological polar surface area (TPSA) is 64.5 Å². The van der Waals surface area contributed by atoms with Crippen LogP contribution in [0.3, 0.4) is 0 Å². The van der Waals surface area contributed by atoms with Crippen LogP contribution in [0.1, 0.15) is 10.4 Å². The van der Waals surface area contributed by atoms with E-state index in [1.165, 1.54) is 12.4 Å². The van der Waals surface area contributed by atoms with Gasteiger partial charge in [0, 0.05) is 12.5 Å². The average Bonchev–Trinajstić information content (AvgIpc) is 3.08. The zero-order valence-electron chi connectivity index (χ0n) is 11.1. The minimum absolute atomic E-state index is 0.0132. The number of likely N-dealkylation sites (tertiary alicyclic amines) is 1. The van der Waals surface area contributed by atoms with Gasteiger partial charge in [0.2, 0.25) is 0 Å². The molecule has 0 N–H and O–H groups in total. The molecule has 3 atom stereocenters. The maximum atomic E-state index is 12.5. The Morgan fingerprint density at radius 2 is 2.45 bits per heavy atom. The fourth-order valence-electron chi connectivity index (χ4n) is 2.88. The Hall–Kier alpha value is -1.79. The van der Waals surface area contributed by atoms with E-state index in [0.29, 0.717) is 31.9 Å². The van der Waals surface area contributed by atoms with Crippen LogP contribution in [-0.2, 0) is 9.47 Å². The van der Waals surface area contributed by atoms with E-state index in [1.54, 1.807) is 12.1 Å². The third-order valence-electron chi connectivity index (χ3n) is 3.87. The van der Waals surface area contributed by atoms with Gasteiger partial charge in [-0.2, -0.15) is 10.2 Å². The first-order chi connectivity index (χ1) is 9.81. The van der Waals surface area contributed by atoms with Crippen LogP contribution >= 0.6 is 0 Å². The number of hydrogen-bond donors (Lipinski definition) is 0. The van der Waals surface area contributed by atoms with Crippen molar-refractivity contribution in [1.82, 2.24) is 15.1 Å². The molecular formula is C14H17N3O3. The summed E-state index contributed by atoms with van der Waals surface area (Å²) in [7, 11) is 0. The summed E-state index contributed by atoms with van der Waals surface area (Å²) in [4.78, 5) is 14.4. The van der Waals surface area contributed by atoms with Crippen molar-refractivity contribution in [2.75, 3.05) is 26.4 Å². The van der Waals surface area contributed by atoms with Gasteiger partial charge < -0.3 is 14.4 Å². The molecule has 2 aliphatic rings. The molecule has 0 spiro atoms. The minimum Gasteiger partial charge on any atom is -0.379 e. The van der Waals surface area contributed by atoms with Crippen molar-refractivity contribution in [2.24, 2.45) is 5.92 Å². The van der Waals surface area contributed by atoms with Crippen molar-refractivity contribution in [3.8, 4) is 0 Å². The molecular weight excluding hydrogens is 258 g/mol. The number of carbonyl (C=O) groups is 1. The number of fused-ring (bicyclic) bond motifs is 1. The van der Waals surface area contributed by atoms with Gasteiger partial charge >= 0.3 is 0 Å². The summed E-state index contributed by atoms with van der Waals surface area (Å²) in [6.07, 6.45) is 4.75. The third kappa shape index (κ3) is 2.32.